The van der Waals surface area contributed by atoms with Crippen molar-refractivity contribution in [3.63, 3.8) is 0 Å². The van der Waals surface area contributed by atoms with Gasteiger partial charge in [-0.3, -0.25) is 4.90 Å². The molecule has 1 aromatic rings. The quantitative estimate of drug-likeness (QED) is 0.867. The molecule has 2 atom stereocenters. The van der Waals surface area contributed by atoms with Crippen LogP contribution in [0, 0.1) is 0 Å². The average molecular weight is 235 g/mol. The fourth-order valence-electron chi connectivity index (χ4n) is 2.27. The van der Waals surface area contributed by atoms with Crippen molar-refractivity contribution in [1.82, 2.24) is 4.90 Å². The van der Waals surface area contributed by atoms with E-state index < -0.39 is 6.10 Å². The van der Waals surface area contributed by atoms with Crippen LogP contribution in [-0.2, 0) is 4.74 Å². The molecule has 0 spiro atoms. The Labute approximate surface area is 103 Å². The molecule has 17 heavy (non-hydrogen) atoms. The molecule has 1 heterocycles. The summed E-state index contributed by atoms with van der Waals surface area (Å²) >= 11 is 0. The SMILES string of the molecule is CC1CN(CC(O)c2ccccc2)CCCO1. The maximum absolute atomic E-state index is 10.2. The fraction of sp³-hybridized carbons (Fsp3) is 0.571. The van der Waals surface area contributed by atoms with Crippen LogP contribution in [0.15, 0.2) is 30.3 Å². The first-order chi connectivity index (χ1) is 8.25. The van der Waals surface area contributed by atoms with E-state index in [1.165, 1.54) is 0 Å². The molecule has 1 aliphatic rings. The Hall–Kier alpha value is -0.900. The van der Waals surface area contributed by atoms with Crippen molar-refractivity contribution in [2.75, 3.05) is 26.2 Å². The summed E-state index contributed by atoms with van der Waals surface area (Å²) in [6.07, 6.45) is 0.910. The summed E-state index contributed by atoms with van der Waals surface area (Å²) < 4.78 is 5.60. The Morgan fingerprint density at radius 1 is 1.41 bits per heavy atom. The molecule has 2 unspecified atom stereocenters. The second kappa shape index (κ2) is 6.15. The number of aliphatic hydroxyl groups is 1. The number of benzene rings is 1. The van der Waals surface area contributed by atoms with E-state index in [0.29, 0.717) is 6.54 Å². The van der Waals surface area contributed by atoms with Crippen molar-refractivity contribution in [2.24, 2.45) is 0 Å². The molecule has 3 nitrogen and oxygen atoms in total. The topological polar surface area (TPSA) is 32.7 Å². The van der Waals surface area contributed by atoms with Gasteiger partial charge in [-0.2, -0.15) is 0 Å². The summed E-state index contributed by atoms with van der Waals surface area (Å²) in [4.78, 5) is 2.29. The molecule has 0 aromatic heterocycles. The molecule has 94 valence electrons. The Morgan fingerprint density at radius 2 is 2.18 bits per heavy atom. The van der Waals surface area contributed by atoms with Gasteiger partial charge in [0.1, 0.15) is 0 Å². The van der Waals surface area contributed by atoms with Crippen LogP contribution in [0.5, 0.6) is 0 Å². The number of hydrogen-bond acceptors (Lipinski definition) is 3. The normalized spacial score (nSPS) is 24.2. The maximum atomic E-state index is 10.2. The van der Waals surface area contributed by atoms with Crippen molar-refractivity contribution in [2.45, 2.75) is 25.6 Å². The predicted molar refractivity (Wildman–Crippen MR) is 67.9 cm³/mol. The molecule has 1 aliphatic heterocycles. The van der Waals surface area contributed by atoms with Crippen molar-refractivity contribution in [3.8, 4) is 0 Å². The maximum Gasteiger partial charge on any atom is 0.0916 e. The summed E-state index contributed by atoms with van der Waals surface area (Å²) in [7, 11) is 0. The monoisotopic (exact) mass is 235 g/mol. The number of ether oxygens (including phenoxy) is 1. The first kappa shape index (κ1) is 12.6. The molecule has 1 fully saturated rings. The van der Waals surface area contributed by atoms with Gasteiger partial charge in [0.2, 0.25) is 0 Å². The van der Waals surface area contributed by atoms with E-state index in [1.807, 2.05) is 30.3 Å². The van der Waals surface area contributed by atoms with Crippen molar-refractivity contribution in [1.29, 1.82) is 0 Å². The van der Waals surface area contributed by atoms with Crippen LogP contribution < -0.4 is 0 Å². The third-order valence-corrected chi connectivity index (χ3v) is 3.15. The third-order valence-electron chi connectivity index (χ3n) is 3.15. The van der Waals surface area contributed by atoms with E-state index in [2.05, 4.69) is 11.8 Å². The van der Waals surface area contributed by atoms with Gasteiger partial charge in [0.25, 0.3) is 0 Å². The van der Waals surface area contributed by atoms with Crippen LogP contribution in [0.4, 0.5) is 0 Å². The van der Waals surface area contributed by atoms with E-state index in [1.54, 1.807) is 0 Å². The van der Waals surface area contributed by atoms with Gasteiger partial charge in [0.05, 0.1) is 12.2 Å². The molecule has 0 saturated carbocycles. The molecule has 1 saturated heterocycles. The molecule has 0 radical (unpaired) electrons. The van der Waals surface area contributed by atoms with Crippen molar-refractivity contribution in [3.05, 3.63) is 35.9 Å². The zero-order valence-electron chi connectivity index (χ0n) is 10.4. The lowest BCUT2D eigenvalue weighted by atomic mass is 10.1. The Kier molecular flexibility index (Phi) is 4.54. The fourth-order valence-corrected chi connectivity index (χ4v) is 2.27. The van der Waals surface area contributed by atoms with Crippen LogP contribution in [0.25, 0.3) is 0 Å². The largest absolute Gasteiger partial charge is 0.387 e. The molecule has 3 heteroatoms. The first-order valence-electron chi connectivity index (χ1n) is 6.32. The van der Waals surface area contributed by atoms with Gasteiger partial charge in [-0.1, -0.05) is 30.3 Å². The number of aliphatic hydroxyl groups excluding tert-OH is 1. The Balaban J connectivity index is 1.91. The highest BCUT2D eigenvalue weighted by Gasteiger charge is 2.18. The number of nitrogens with zero attached hydrogens (tertiary/aromatic N) is 1. The van der Waals surface area contributed by atoms with E-state index >= 15 is 0 Å². The first-order valence-corrected chi connectivity index (χ1v) is 6.32. The van der Waals surface area contributed by atoms with Gasteiger partial charge in [-0.05, 0) is 18.9 Å². The third kappa shape index (κ3) is 3.80. The molecular weight excluding hydrogens is 214 g/mol. The lowest BCUT2D eigenvalue weighted by Gasteiger charge is -2.24. The zero-order chi connectivity index (χ0) is 12.1. The summed E-state index contributed by atoms with van der Waals surface area (Å²) in [5, 5.41) is 10.2. The molecular formula is C14H21NO2. The average Bonchev–Trinajstić information content (AvgIpc) is 2.55. The highest BCUT2D eigenvalue weighted by atomic mass is 16.5. The minimum atomic E-state index is -0.401. The lowest BCUT2D eigenvalue weighted by Crippen LogP contribution is -2.33. The molecule has 0 amide bonds. The minimum Gasteiger partial charge on any atom is -0.387 e. The Bertz CT molecular complexity index is 328. The summed E-state index contributed by atoms with van der Waals surface area (Å²) in [5.41, 5.74) is 0.991. The highest BCUT2D eigenvalue weighted by Crippen LogP contribution is 2.15. The summed E-state index contributed by atoms with van der Waals surface area (Å²) in [6, 6.07) is 9.85. The lowest BCUT2D eigenvalue weighted by molar-refractivity contribution is 0.0562. The molecule has 0 bridgehead atoms. The van der Waals surface area contributed by atoms with Crippen molar-refractivity contribution < 1.29 is 9.84 Å². The predicted octanol–water partition coefficient (Wildman–Crippen LogP) is 1.83. The van der Waals surface area contributed by atoms with Gasteiger partial charge in [0, 0.05) is 26.2 Å². The number of β-amino-alcohol motifs (C(OH)–C–C–N with tert-alkyl or cyclic N) is 1. The summed E-state index contributed by atoms with van der Waals surface area (Å²) in [5.74, 6) is 0. The van der Waals surface area contributed by atoms with Crippen LogP contribution >= 0.6 is 0 Å². The molecule has 0 aliphatic carbocycles. The Morgan fingerprint density at radius 3 is 2.94 bits per heavy atom. The highest BCUT2D eigenvalue weighted by molar-refractivity contribution is 5.17. The van der Waals surface area contributed by atoms with Gasteiger partial charge in [-0.15, -0.1) is 0 Å². The second-order valence-electron chi connectivity index (χ2n) is 4.72. The van der Waals surface area contributed by atoms with E-state index in [4.69, 9.17) is 4.74 Å². The molecule has 1 N–H and O–H groups in total. The smallest absolute Gasteiger partial charge is 0.0916 e. The van der Waals surface area contributed by atoms with E-state index in [9.17, 15) is 5.11 Å². The standard InChI is InChI=1S/C14H21NO2/c1-12-10-15(8-5-9-17-12)11-14(16)13-6-3-2-4-7-13/h2-4,6-7,12,14,16H,5,8-11H2,1H3. The number of hydrogen-bond donors (Lipinski definition) is 1. The van der Waals surface area contributed by atoms with Gasteiger partial charge in [-0.25, -0.2) is 0 Å². The van der Waals surface area contributed by atoms with Crippen LogP contribution in [0.3, 0.4) is 0 Å². The second-order valence-corrected chi connectivity index (χ2v) is 4.72. The zero-order valence-corrected chi connectivity index (χ0v) is 10.4. The summed E-state index contributed by atoms with van der Waals surface area (Å²) in [6.45, 7) is 5.53. The van der Waals surface area contributed by atoms with Crippen LogP contribution in [0.2, 0.25) is 0 Å². The number of rotatable bonds is 3. The van der Waals surface area contributed by atoms with Crippen LogP contribution in [-0.4, -0.2) is 42.4 Å². The van der Waals surface area contributed by atoms with Crippen LogP contribution in [0.1, 0.15) is 25.0 Å². The molecule has 1 aromatic carbocycles. The van der Waals surface area contributed by atoms with Crippen molar-refractivity contribution >= 4 is 0 Å². The van der Waals surface area contributed by atoms with Gasteiger partial charge >= 0.3 is 0 Å². The van der Waals surface area contributed by atoms with Gasteiger partial charge < -0.3 is 9.84 Å². The van der Waals surface area contributed by atoms with E-state index in [-0.39, 0.29) is 6.10 Å². The van der Waals surface area contributed by atoms with E-state index in [0.717, 1.165) is 31.7 Å². The minimum absolute atomic E-state index is 0.264. The van der Waals surface area contributed by atoms with Gasteiger partial charge in [0.15, 0.2) is 0 Å². The molecule has 2 rings (SSSR count).